The van der Waals surface area contributed by atoms with Crippen molar-refractivity contribution in [3.63, 3.8) is 0 Å². The second kappa shape index (κ2) is 6.05. The minimum absolute atomic E-state index is 0.191. The van der Waals surface area contributed by atoms with Crippen molar-refractivity contribution in [3.8, 4) is 0 Å². The van der Waals surface area contributed by atoms with Crippen LogP contribution in [-0.4, -0.2) is 19.7 Å². The van der Waals surface area contributed by atoms with Crippen molar-refractivity contribution in [2.24, 2.45) is 0 Å². The molecule has 0 radical (unpaired) electrons. The highest BCUT2D eigenvalue weighted by molar-refractivity contribution is 9.10. The van der Waals surface area contributed by atoms with Gasteiger partial charge in [0.15, 0.2) is 5.65 Å². The van der Waals surface area contributed by atoms with Crippen LogP contribution in [0.5, 0.6) is 0 Å². The average molecular weight is 390 g/mol. The van der Waals surface area contributed by atoms with Crippen LogP contribution in [-0.2, 0) is 12.1 Å². The standard InChI is InChI=1S/C17H20BrN5O/c1-10-5-6-12(18)7-11(10)8-19-16-21-14-13(15(24)22-16)9-20-23(14)17(2,3)4/h5-7,9H,8H2,1-4H3,(H2,19,21,22,24). The summed E-state index contributed by atoms with van der Waals surface area (Å²) in [4.78, 5) is 19.6. The summed E-state index contributed by atoms with van der Waals surface area (Å²) >= 11 is 3.48. The molecule has 24 heavy (non-hydrogen) atoms. The van der Waals surface area contributed by atoms with Gasteiger partial charge in [-0.25, -0.2) is 4.68 Å². The molecule has 0 atom stereocenters. The molecule has 0 saturated carbocycles. The normalized spacial score (nSPS) is 11.9. The fraction of sp³-hybridized carbons (Fsp3) is 0.353. The molecule has 3 aromatic rings. The summed E-state index contributed by atoms with van der Waals surface area (Å²) in [6, 6.07) is 6.11. The first kappa shape index (κ1) is 16.7. The number of H-pyrrole nitrogens is 1. The Balaban J connectivity index is 1.95. The van der Waals surface area contributed by atoms with Crippen LogP contribution in [0.4, 0.5) is 5.95 Å². The number of aromatic nitrogens is 4. The van der Waals surface area contributed by atoms with E-state index in [0.717, 1.165) is 10.0 Å². The Kier molecular flexibility index (Phi) is 4.21. The lowest BCUT2D eigenvalue weighted by atomic mass is 10.1. The minimum atomic E-state index is -0.249. The maximum absolute atomic E-state index is 12.3. The van der Waals surface area contributed by atoms with Gasteiger partial charge in [-0.3, -0.25) is 9.78 Å². The van der Waals surface area contributed by atoms with E-state index < -0.39 is 0 Å². The van der Waals surface area contributed by atoms with E-state index in [4.69, 9.17) is 0 Å². The fourth-order valence-electron chi connectivity index (χ4n) is 2.50. The Bertz CT molecular complexity index is 952. The number of aryl methyl sites for hydroxylation is 1. The molecule has 0 bridgehead atoms. The third-order valence-corrected chi connectivity index (χ3v) is 4.32. The lowest BCUT2D eigenvalue weighted by Crippen LogP contribution is -2.24. The van der Waals surface area contributed by atoms with Gasteiger partial charge in [-0.1, -0.05) is 22.0 Å². The molecule has 0 aliphatic rings. The first-order valence-electron chi connectivity index (χ1n) is 7.73. The number of benzene rings is 1. The van der Waals surface area contributed by atoms with Crippen molar-refractivity contribution in [2.75, 3.05) is 5.32 Å². The van der Waals surface area contributed by atoms with Crippen LogP contribution in [0.25, 0.3) is 11.0 Å². The van der Waals surface area contributed by atoms with Crippen molar-refractivity contribution >= 4 is 32.9 Å². The summed E-state index contributed by atoms with van der Waals surface area (Å²) < 4.78 is 2.79. The highest BCUT2D eigenvalue weighted by Gasteiger charge is 2.19. The predicted molar refractivity (Wildman–Crippen MR) is 99.4 cm³/mol. The zero-order valence-electron chi connectivity index (χ0n) is 14.1. The fourth-order valence-corrected chi connectivity index (χ4v) is 2.91. The molecule has 0 saturated heterocycles. The van der Waals surface area contributed by atoms with Crippen LogP contribution in [0.1, 0.15) is 31.9 Å². The van der Waals surface area contributed by atoms with Gasteiger partial charge in [0.05, 0.1) is 11.7 Å². The van der Waals surface area contributed by atoms with Crippen LogP contribution < -0.4 is 10.9 Å². The summed E-state index contributed by atoms with van der Waals surface area (Å²) in [5, 5.41) is 8.01. The van der Waals surface area contributed by atoms with Gasteiger partial charge < -0.3 is 5.32 Å². The molecule has 0 amide bonds. The lowest BCUT2D eigenvalue weighted by Gasteiger charge is -2.19. The summed E-state index contributed by atoms with van der Waals surface area (Å²) in [6.07, 6.45) is 1.56. The van der Waals surface area contributed by atoms with Crippen LogP contribution in [0.3, 0.4) is 0 Å². The Morgan fingerprint density at radius 3 is 2.79 bits per heavy atom. The SMILES string of the molecule is Cc1ccc(Br)cc1CNc1nc2c(cnn2C(C)(C)C)c(=O)[nH]1. The lowest BCUT2D eigenvalue weighted by molar-refractivity contribution is 0.366. The van der Waals surface area contributed by atoms with Gasteiger partial charge in [0.2, 0.25) is 5.95 Å². The maximum Gasteiger partial charge on any atom is 0.263 e. The Morgan fingerprint density at radius 1 is 1.33 bits per heavy atom. The molecule has 2 aromatic heterocycles. The van der Waals surface area contributed by atoms with Gasteiger partial charge in [0.25, 0.3) is 5.56 Å². The Hall–Kier alpha value is -2.15. The quantitative estimate of drug-likeness (QED) is 0.717. The molecule has 6 nitrogen and oxygen atoms in total. The molecule has 0 unspecified atom stereocenters. The number of anilines is 1. The molecule has 0 aliphatic carbocycles. The van der Waals surface area contributed by atoms with E-state index in [-0.39, 0.29) is 11.1 Å². The number of fused-ring (bicyclic) bond motifs is 1. The van der Waals surface area contributed by atoms with E-state index >= 15 is 0 Å². The summed E-state index contributed by atoms with van der Waals surface area (Å²) in [6.45, 7) is 8.71. The van der Waals surface area contributed by atoms with Crippen LogP contribution in [0.15, 0.2) is 33.7 Å². The van der Waals surface area contributed by atoms with E-state index in [1.54, 1.807) is 10.9 Å². The number of nitrogens with zero attached hydrogens (tertiary/aromatic N) is 3. The first-order valence-corrected chi connectivity index (χ1v) is 8.52. The molecule has 0 fully saturated rings. The molecule has 126 valence electrons. The van der Waals surface area contributed by atoms with Gasteiger partial charge in [0.1, 0.15) is 5.39 Å². The van der Waals surface area contributed by atoms with Crippen molar-refractivity contribution < 1.29 is 0 Å². The second-order valence-corrected chi connectivity index (χ2v) is 7.72. The highest BCUT2D eigenvalue weighted by Crippen LogP contribution is 2.20. The number of aromatic amines is 1. The second-order valence-electron chi connectivity index (χ2n) is 6.80. The molecule has 0 aliphatic heterocycles. The maximum atomic E-state index is 12.3. The average Bonchev–Trinajstić information content (AvgIpc) is 2.93. The Morgan fingerprint density at radius 2 is 2.08 bits per heavy atom. The first-order chi connectivity index (χ1) is 11.3. The molecule has 3 rings (SSSR count). The van der Waals surface area contributed by atoms with E-state index in [1.807, 2.05) is 26.8 Å². The predicted octanol–water partition coefficient (Wildman–Crippen LogP) is 3.56. The summed E-state index contributed by atoms with van der Waals surface area (Å²) in [7, 11) is 0. The molecule has 2 heterocycles. The minimum Gasteiger partial charge on any atom is -0.352 e. The third-order valence-electron chi connectivity index (χ3n) is 3.83. The van der Waals surface area contributed by atoms with Gasteiger partial charge in [-0.15, -0.1) is 0 Å². The van der Waals surface area contributed by atoms with Crippen LogP contribution in [0, 0.1) is 6.92 Å². The van der Waals surface area contributed by atoms with E-state index in [1.165, 1.54) is 5.56 Å². The molecule has 1 aromatic carbocycles. The van der Waals surface area contributed by atoms with Crippen LogP contribution >= 0.6 is 15.9 Å². The van der Waals surface area contributed by atoms with Gasteiger partial charge in [-0.2, -0.15) is 10.1 Å². The monoisotopic (exact) mass is 389 g/mol. The smallest absolute Gasteiger partial charge is 0.263 e. The van der Waals surface area contributed by atoms with Crippen molar-refractivity contribution in [3.05, 3.63) is 50.3 Å². The summed E-state index contributed by atoms with van der Waals surface area (Å²) in [5.74, 6) is 0.442. The third kappa shape index (κ3) is 3.21. The van der Waals surface area contributed by atoms with E-state index in [9.17, 15) is 4.79 Å². The number of rotatable bonds is 3. The van der Waals surface area contributed by atoms with Gasteiger partial charge in [-0.05, 0) is 51.0 Å². The van der Waals surface area contributed by atoms with Gasteiger partial charge in [0, 0.05) is 11.0 Å². The van der Waals surface area contributed by atoms with Crippen molar-refractivity contribution in [2.45, 2.75) is 39.8 Å². The summed E-state index contributed by atoms with van der Waals surface area (Å²) in [5.41, 5.74) is 2.45. The highest BCUT2D eigenvalue weighted by atomic mass is 79.9. The topological polar surface area (TPSA) is 75.6 Å². The zero-order valence-corrected chi connectivity index (χ0v) is 15.7. The van der Waals surface area contributed by atoms with E-state index in [0.29, 0.717) is 23.5 Å². The molecule has 2 N–H and O–H groups in total. The van der Waals surface area contributed by atoms with Gasteiger partial charge >= 0.3 is 0 Å². The number of hydrogen-bond acceptors (Lipinski definition) is 4. The number of hydrogen-bond donors (Lipinski definition) is 2. The number of halogens is 1. The molecule has 7 heteroatoms. The Labute approximate surface area is 148 Å². The molecule has 0 spiro atoms. The zero-order chi connectivity index (χ0) is 17.5. The van der Waals surface area contributed by atoms with E-state index in [2.05, 4.69) is 55.4 Å². The van der Waals surface area contributed by atoms with Crippen molar-refractivity contribution in [1.82, 2.24) is 19.7 Å². The molecular formula is C17H20BrN5O. The van der Waals surface area contributed by atoms with Crippen molar-refractivity contribution in [1.29, 1.82) is 0 Å². The van der Waals surface area contributed by atoms with Crippen LogP contribution in [0.2, 0.25) is 0 Å². The largest absolute Gasteiger partial charge is 0.352 e. The molecular weight excluding hydrogens is 370 g/mol. The number of nitrogens with one attached hydrogen (secondary N) is 2.